The van der Waals surface area contributed by atoms with E-state index >= 15 is 0 Å². The molecule has 1 aromatic heterocycles. The maximum Gasteiger partial charge on any atom is 0.303 e. The van der Waals surface area contributed by atoms with Crippen molar-refractivity contribution in [3.63, 3.8) is 0 Å². The summed E-state index contributed by atoms with van der Waals surface area (Å²) in [5, 5.41) is 11.6. The maximum atomic E-state index is 12.0. The third-order valence-electron chi connectivity index (χ3n) is 3.61. The fourth-order valence-corrected chi connectivity index (χ4v) is 2.47. The van der Waals surface area contributed by atoms with Gasteiger partial charge in [0.25, 0.3) is 5.91 Å². The van der Waals surface area contributed by atoms with Crippen LogP contribution in [-0.2, 0) is 11.2 Å². The summed E-state index contributed by atoms with van der Waals surface area (Å²) in [6, 6.07) is 1.68. The Kier molecular flexibility index (Phi) is 7.58. The first-order chi connectivity index (χ1) is 10.1. The summed E-state index contributed by atoms with van der Waals surface area (Å²) in [7, 11) is 0. The first-order valence-corrected chi connectivity index (χ1v) is 7.64. The van der Waals surface area contributed by atoms with Crippen molar-refractivity contribution in [1.82, 2.24) is 5.32 Å². The first-order valence-electron chi connectivity index (χ1n) is 7.64. The number of carboxylic acid groups (broad SMARTS) is 1. The highest BCUT2D eigenvalue weighted by Gasteiger charge is 2.14. The largest absolute Gasteiger partial charge is 0.481 e. The van der Waals surface area contributed by atoms with Crippen LogP contribution in [0.3, 0.4) is 0 Å². The van der Waals surface area contributed by atoms with Gasteiger partial charge in [0, 0.05) is 19.4 Å². The van der Waals surface area contributed by atoms with Crippen LogP contribution in [0.25, 0.3) is 0 Å². The molecule has 0 saturated heterocycles. The summed E-state index contributed by atoms with van der Waals surface area (Å²) >= 11 is 0. The number of aliphatic carboxylic acids is 1. The molecule has 0 spiro atoms. The minimum absolute atomic E-state index is 0.117. The number of furan rings is 1. The molecule has 1 heterocycles. The molecule has 1 atom stereocenters. The Morgan fingerprint density at radius 1 is 1.29 bits per heavy atom. The van der Waals surface area contributed by atoms with E-state index in [-0.39, 0.29) is 12.3 Å². The number of rotatable bonds is 10. The van der Waals surface area contributed by atoms with Gasteiger partial charge in [0.1, 0.15) is 5.76 Å². The molecule has 0 saturated carbocycles. The summed E-state index contributed by atoms with van der Waals surface area (Å²) in [5.74, 6) is 0.171. The zero-order valence-corrected chi connectivity index (χ0v) is 12.9. The van der Waals surface area contributed by atoms with E-state index in [4.69, 9.17) is 9.52 Å². The zero-order chi connectivity index (χ0) is 15.7. The van der Waals surface area contributed by atoms with Crippen molar-refractivity contribution in [3.8, 4) is 0 Å². The highest BCUT2D eigenvalue weighted by molar-refractivity contribution is 5.95. The molecule has 1 rings (SSSR count). The molecule has 5 nitrogen and oxygen atoms in total. The van der Waals surface area contributed by atoms with Crippen LogP contribution in [0.1, 0.15) is 62.1 Å². The van der Waals surface area contributed by atoms with Crippen LogP contribution in [-0.4, -0.2) is 23.5 Å². The van der Waals surface area contributed by atoms with Crippen LogP contribution in [0.5, 0.6) is 0 Å². The van der Waals surface area contributed by atoms with Crippen LogP contribution in [0.15, 0.2) is 16.7 Å². The Hall–Kier alpha value is -1.78. The van der Waals surface area contributed by atoms with Gasteiger partial charge in [0.15, 0.2) is 0 Å². The lowest BCUT2D eigenvalue weighted by Crippen LogP contribution is -2.26. The number of carboxylic acids is 1. The van der Waals surface area contributed by atoms with Crippen LogP contribution in [0.2, 0.25) is 0 Å². The average Bonchev–Trinajstić information content (AvgIpc) is 2.93. The Labute approximate surface area is 125 Å². The quantitative estimate of drug-likeness (QED) is 0.694. The van der Waals surface area contributed by atoms with Gasteiger partial charge >= 0.3 is 5.97 Å². The second-order valence-corrected chi connectivity index (χ2v) is 5.24. The number of amides is 1. The van der Waals surface area contributed by atoms with Crippen LogP contribution < -0.4 is 5.32 Å². The van der Waals surface area contributed by atoms with Gasteiger partial charge in [-0.25, -0.2) is 0 Å². The van der Waals surface area contributed by atoms with Gasteiger partial charge in [0.2, 0.25) is 0 Å². The minimum Gasteiger partial charge on any atom is -0.481 e. The molecule has 2 N–H and O–H groups in total. The second-order valence-electron chi connectivity index (χ2n) is 5.24. The maximum absolute atomic E-state index is 12.0. The fraction of sp³-hybridized carbons (Fsp3) is 0.625. The van der Waals surface area contributed by atoms with Crippen LogP contribution >= 0.6 is 0 Å². The first kappa shape index (κ1) is 17.3. The molecule has 1 amide bonds. The van der Waals surface area contributed by atoms with Gasteiger partial charge in [-0.1, -0.05) is 26.7 Å². The van der Waals surface area contributed by atoms with E-state index in [1.54, 1.807) is 6.07 Å². The Balaban J connectivity index is 2.39. The van der Waals surface area contributed by atoms with Crippen LogP contribution in [0.4, 0.5) is 0 Å². The number of nitrogens with one attached hydrogen (secondary N) is 1. The topological polar surface area (TPSA) is 79.5 Å². The normalized spacial score (nSPS) is 12.1. The third kappa shape index (κ3) is 6.02. The van der Waals surface area contributed by atoms with Gasteiger partial charge in [-0.15, -0.1) is 0 Å². The van der Waals surface area contributed by atoms with Crippen molar-refractivity contribution < 1.29 is 19.1 Å². The molecule has 1 aromatic rings. The molecule has 5 heteroatoms. The number of hydrogen-bond donors (Lipinski definition) is 2. The molecular weight excluding hydrogens is 270 g/mol. The molecule has 0 aliphatic heterocycles. The zero-order valence-electron chi connectivity index (χ0n) is 12.9. The molecule has 0 aromatic carbocycles. The van der Waals surface area contributed by atoms with Crippen molar-refractivity contribution in [2.75, 3.05) is 6.54 Å². The average molecular weight is 295 g/mol. The van der Waals surface area contributed by atoms with E-state index in [0.29, 0.717) is 36.6 Å². The highest BCUT2D eigenvalue weighted by Crippen LogP contribution is 2.17. The number of carbonyl (C=O) groups is 2. The van der Waals surface area contributed by atoms with Crippen LogP contribution in [0, 0.1) is 5.92 Å². The lowest BCUT2D eigenvalue weighted by Gasteiger charge is -2.15. The smallest absolute Gasteiger partial charge is 0.303 e. The SMILES string of the molecule is CCCC(CCNC(=O)c1ccoc1CC)CCC(=O)O. The van der Waals surface area contributed by atoms with Crippen molar-refractivity contribution in [3.05, 3.63) is 23.7 Å². The van der Waals surface area contributed by atoms with Gasteiger partial charge in [-0.05, 0) is 24.8 Å². The van der Waals surface area contributed by atoms with Gasteiger partial charge in [0.05, 0.1) is 11.8 Å². The van der Waals surface area contributed by atoms with Crippen molar-refractivity contribution in [2.45, 2.75) is 52.4 Å². The molecule has 0 radical (unpaired) electrons. The van der Waals surface area contributed by atoms with Gasteiger partial charge < -0.3 is 14.8 Å². The third-order valence-corrected chi connectivity index (χ3v) is 3.61. The molecule has 0 aliphatic carbocycles. The van der Waals surface area contributed by atoms with Gasteiger partial charge in [-0.2, -0.15) is 0 Å². The van der Waals surface area contributed by atoms with E-state index in [1.807, 2.05) is 6.92 Å². The minimum atomic E-state index is -0.758. The molecule has 0 fully saturated rings. The van der Waals surface area contributed by atoms with Gasteiger partial charge in [-0.3, -0.25) is 9.59 Å². The lowest BCUT2D eigenvalue weighted by atomic mass is 9.94. The van der Waals surface area contributed by atoms with Crippen molar-refractivity contribution >= 4 is 11.9 Å². The van der Waals surface area contributed by atoms with Crippen molar-refractivity contribution in [2.24, 2.45) is 5.92 Å². The summed E-state index contributed by atoms with van der Waals surface area (Å²) in [5.41, 5.74) is 0.593. The summed E-state index contributed by atoms with van der Waals surface area (Å²) in [6.45, 7) is 4.60. The second kappa shape index (κ2) is 9.21. The molecule has 118 valence electrons. The van der Waals surface area contributed by atoms with E-state index < -0.39 is 5.97 Å². The van der Waals surface area contributed by atoms with E-state index in [1.165, 1.54) is 6.26 Å². The summed E-state index contributed by atoms with van der Waals surface area (Å²) in [6.07, 6.45) is 5.92. The predicted octanol–water partition coefficient (Wildman–Crippen LogP) is 3.24. The van der Waals surface area contributed by atoms with Crippen molar-refractivity contribution in [1.29, 1.82) is 0 Å². The monoisotopic (exact) mass is 295 g/mol. The summed E-state index contributed by atoms with van der Waals surface area (Å²) in [4.78, 5) is 22.7. The molecular formula is C16H25NO4. The Morgan fingerprint density at radius 3 is 2.67 bits per heavy atom. The Bertz CT molecular complexity index is 453. The van der Waals surface area contributed by atoms with E-state index in [2.05, 4.69) is 12.2 Å². The molecule has 1 unspecified atom stereocenters. The summed E-state index contributed by atoms with van der Waals surface area (Å²) < 4.78 is 5.24. The highest BCUT2D eigenvalue weighted by atomic mass is 16.4. The number of hydrogen-bond acceptors (Lipinski definition) is 3. The molecule has 0 bridgehead atoms. The fourth-order valence-electron chi connectivity index (χ4n) is 2.47. The number of aryl methyl sites for hydroxylation is 1. The van der Waals surface area contributed by atoms with E-state index in [9.17, 15) is 9.59 Å². The standard InChI is InChI=1S/C16H25NO4/c1-3-5-12(6-7-15(18)19)8-10-17-16(20)13-9-11-21-14(13)4-2/h9,11-12H,3-8,10H2,1-2H3,(H,17,20)(H,18,19). The lowest BCUT2D eigenvalue weighted by molar-refractivity contribution is -0.137. The molecule has 0 aliphatic rings. The number of carbonyl (C=O) groups excluding carboxylic acids is 1. The predicted molar refractivity (Wildman–Crippen MR) is 80.3 cm³/mol. The van der Waals surface area contributed by atoms with E-state index in [0.717, 1.165) is 19.3 Å². The Morgan fingerprint density at radius 2 is 2.05 bits per heavy atom. The molecule has 21 heavy (non-hydrogen) atoms.